The number of ketones is 1. The van der Waals surface area contributed by atoms with E-state index in [2.05, 4.69) is 0 Å². The lowest BCUT2D eigenvalue weighted by molar-refractivity contribution is -0.144. The first kappa shape index (κ1) is 15.8. The highest BCUT2D eigenvalue weighted by atomic mass is 19.1. The van der Waals surface area contributed by atoms with Gasteiger partial charge in [-0.25, -0.2) is 4.39 Å². The smallest absolute Gasteiger partial charge is 0.240 e. The zero-order valence-corrected chi connectivity index (χ0v) is 14.6. The lowest BCUT2D eigenvalue weighted by Gasteiger charge is -2.41. The van der Waals surface area contributed by atoms with Gasteiger partial charge < -0.3 is 4.90 Å². The Balaban J connectivity index is 1.77. The minimum atomic E-state index is -0.856. The Morgan fingerprint density at radius 1 is 1.29 bits per heavy atom. The molecule has 2 saturated carbocycles. The van der Waals surface area contributed by atoms with Crippen molar-refractivity contribution in [3.8, 4) is 0 Å². The van der Waals surface area contributed by atoms with E-state index in [4.69, 9.17) is 0 Å². The first-order valence-electron chi connectivity index (χ1n) is 8.94. The van der Waals surface area contributed by atoms with Crippen LogP contribution in [0, 0.1) is 22.6 Å². The molecular formula is C20H24FNO2. The van der Waals surface area contributed by atoms with E-state index in [1.54, 1.807) is 11.0 Å². The van der Waals surface area contributed by atoms with Crippen molar-refractivity contribution in [2.24, 2.45) is 16.7 Å². The number of hydrogen-bond donors (Lipinski definition) is 0. The van der Waals surface area contributed by atoms with E-state index in [1.807, 2.05) is 20.8 Å². The van der Waals surface area contributed by atoms with Crippen molar-refractivity contribution in [2.45, 2.75) is 58.9 Å². The summed E-state index contributed by atoms with van der Waals surface area (Å²) in [6.07, 6.45) is 3.87. The second-order valence-electron chi connectivity index (χ2n) is 8.41. The molecule has 1 heterocycles. The third-order valence-corrected chi connectivity index (χ3v) is 6.76. The van der Waals surface area contributed by atoms with Gasteiger partial charge in [0, 0.05) is 17.1 Å². The number of carbonyl (C=O) groups is 2. The molecule has 0 aromatic heterocycles. The maximum atomic E-state index is 13.6. The first-order valence-corrected chi connectivity index (χ1v) is 8.94. The third-order valence-electron chi connectivity index (χ3n) is 6.76. The highest BCUT2D eigenvalue weighted by Gasteiger charge is 2.66. The summed E-state index contributed by atoms with van der Waals surface area (Å²) in [5.41, 5.74) is 0.400. The molecule has 2 bridgehead atoms. The number of fused-ring (bicyclic) bond motifs is 3. The quantitative estimate of drug-likeness (QED) is 0.733. The number of halogens is 1. The van der Waals surface area contributed by atoms with Gasteiger partial charge >= 0.3 is 0 Å². The molecule has 1 aromatic rings. The van der Waals surface area contributed by atoms with Crippen molar-refractivity contribution in [3.63, 3.8) is 0 Å². The summed E-state index contributed by atoms with van der Waals surface area (Å²) in [5, 5.41) is 0. The van der Waals surface area contributed by atoms with Crippen molar-refractivity contribution < 1.29 is 14.0 Å². The van der Waals surface area contributed by atoms with Gasteiger partial charge in [0.05, 0.1) is 0 Å². The van der Waals surface area contributed by atoms with Crippen molar-refractivity contribution >= 4 is 17.4 Å². The minimum Gasteiger partial charge on any atom is -0.308 e. The van der Waals surface area contributed by atoms with Gasteiger partial charge in [0.15, 0.2) is 5.78 Å². The van der Waals surface area contributed by atoms with Crippen molar-refractivity contribution in [1.29, 1.82) is 0 Å². The normalized spacial score (nSPS) is 33.7. The second kappa shape index (κ2) is 4.90. The summed E-state index contributed by atoms with van der Waals surface area (Å²) in [4.78, 5) is 28.4. The fourth-order valence-corrected chi connectivity index (χ4v) is 5.22. The van der Waals surface area contributed by atoms with E-state index in [9.17, 15) is 14.0 Å². The van der Waals surface area contributed by atoms with Gasteiger partial charge in [-0.3, -0.25) is 9.59 Å². The van der Waals surface area contributed by atoms with Crippen LogP contribution in [0.1, 0.15) is 52.0 Å². The van der Waals surface area contributed by atoms with E-state index >= 15 is 0 Å². The molecule has 1 aromatic carbocycles. The van der Waals surface area contributed by atoms with Gasteiger partial charge in [-0.05, 0) is 68.7 Å². The van der Waals surface area contributed by atoms with Crippen LogP contribution >= 0.6 is 0 Å². The Labute approximate surface area is 142 Å². The van der Waals surface area contributed by atoms with E-state index < -0.39 is 10.8 Å². The topological polar surface area (TPSA) is 37.4 Å². The molecule has 0 N–H and O–H groups in total. The van der Waals surface area contributed by atoms with E-state index in [0.717, 1.165) is 30.5 Å². The van der Waals surface area contributed by atoms with Crippen molar-refractivity contribution in [3.05, 3.63) is 29.6 Å². The monoisotopic (exact) mass is 329 g/mol. The van der Waals surface area contributed by atoms with Crippen LogP contribution in [0.5, 0.6) is 0 Å². The molecule has 0 radical (unpaired) electrons. The SMILES string of the molecule is C[C@H]1CCc2cc(F)ccc2N1C(=O)[C@@]12CC[C@@H](C1)C(C)(C)C2=O. The van der Waals surface area contributed by atoms with Crippen LogP contribution in [0.3, 0.4) is 0 Å². The lowest BCUT2D eigenvalue weighted by Crippen LogP contribution is -2.53. The maximum Gasteiger partial charge on any atom is 0.240 e. The fraction of sp³-hybridized carbons (Fsp3) is 0.600. The summed E-state index contributed by atoms with van der Waals surface area (Å²) < 4.78 is 13.6. The zero-order chi connectivity index (χ0) is 17.3. The number of hydrogen-bond acceptors (Lipinski definition) is 2. The molecule has 1 amide bonds. The summed E-state index contributed by atoms with van der Waals surface area (Å²) in [6.45, 7) is 5.99. The molecule has 0 spiro atoms. The number of aryl methyl sites for hydroxylation is 1. The number of nitrogens with zero attached hydrogens (tertiary/aromatic N) is 1. The van der Waals surface area contributed by atoms with E-state index in [1.165, 1.54) is 12.1 Å². The average molecular weight is 329 g/mol. The van der Waals surface area contributed by atoms with E-state index in [-0.39, 0.29) is 23.5 Å². The van der Waals surface area contributed by atoms with Crippen LogP contribution < -0.4 is 4.90 Å². The molecule has 0 unspecified atom stereocenters. The highest BCUT2D eigenvalue weighted by Crippen LogP contribution is 2.61. The maximum absolute atomic E-state index is 13.6. The number of anilines is 1. The average Bonchev–Trinajstić information content (AvgIpc) is 3.07. The van der Waals surface area contributed by atoms with Crippen molar-refractivity contribution in [2.75, 3.05) is 4.90 Å². The molecule has 4 rings (SSSR count). The summed E-state index contributed by atoms with van der Waals surface area (Å²) in [6, 6.07) is 4.68. The number of rotatable bonds is 1. The largest absolute Gasteiger partial charge is 0.308 e. The molecule has 3 atom stereocenters. The molecule has 3 aliphatic rings. The summed E-state index contributed by atoms with van der Waals surface area (Å²) in [5.74, 6) is 0.0907. The second-order valence-corrected chi connectivity index (χ2v) is 8.41. The summed E-state index contributed by atoms with van der Waals surface area (Å²) >= 11 is 0. The van der Waals surface area contributed by atoms with Crippen LogP contribution in [0.25, 0.3) is 0 Å². The molecule has 24 heavy (non-hydrogen) atoms. The van der Waals surface area contributed by atoms with Crippen LogP contribution in [0.4, 0.5) is 10.1 Å². The number of benzene rings is 1. The predicted octanol–water partition coefficient (Wildman–Crippen LogP) is 3.89. The molecular weight excluding hydrogens is 305 g/mol. The lowest BCUT2D eigenvalue weighted by atomic mass is 9.70. The molecule has 1 aliphatic heterocycles. The Hall–Kier alpha value is -1.71. The molecule has 128 valence electrons. The van der Waals surface area contributed by atoms with Gasteiger partial charge in [0.2, 0.25) is 5.91 Å². The van der Waals surface area contributed by atoms with Crippen LogP contribution in [-0.4, -0.2) is 17.7 Å². The standard InChI is InChI=1S/C20H24FNO2/c1-12-4-5-13-10-15(21)6-7-16(13)22(12)18(24)20-9-8-14(11-20)19(2,3)17(20)23/h6-7,10,12,14H,4-5,8-9,11H2,1-3H3/t12-,14-,20-/m0/s1. The molecule has 0 saturated heterocycles. The predicted molar refractivity (Wildman–Crippen MR) is 90.2 cm³/mol. The number of Topliss-reactive ketones (excluding diaryl/α,β-unsaturated/α-hetero) is 1. The highest BCUT2D eigenvalue weighted by molar-refractivity contribution is 6.16. The fourth-order valence-electron chi connectivity index (χ4n) is 5.22. The Bertz CT molecular complexity index is 741. The van der Waals surface area contributed by atoms with Crippen LogP contribution in [0.15, 0.2) is 18.2 Å². The van der Waals surface area contributed by atoms with E-state index in [0.29, 0.717) is 18.8 Å². The van der Waals surface area contributed by atoms with Gasteiger partial charge in [-0.2, -0.15) is 0 Å². The van der Waals surface area contributed by atoms with Gasteiger partial charge in [0.1, 0.15) is 11.2 Å². The van der Waals surface area contributed by atoms with Gasteiger partial charge in [-0.15, -0.1) is 0 Å². The molecule has 3 nitrogen and oxygen atoms in total. The molecule has 2 fully saturated rings. The Morgan fingerprint density at radius 3 is 2.71 bits per heavy atom. The molecule has 4 heteroatoms. The first-order chi connectivity index (χ1) is 11.3. The number of amides is 1. The van der Waals surface area contributed by atoms with Crippen LogP contribution in [0.2, 0.25) is 0 Å². The molecule has 2 aliphatic carbocycles. The zero-order valence-electron chi connectivity index (χ0n) is 14.6. The van der Waals surface area contributed by atoms with Gasteiger partial charge in [-0.1, -0.05) is 13.8 Å². The third kappa shape index (κ3) is 1.88. The Kier molecular flexibility index (Phi) is 3.23. The number of carbonyl (C=O) groups excluding carboxylic acids is 2. The Morgan fingerprint density at radius 2 is 2.04 bits per heavy atom. The van der Waals surface area contributed by atoms with Crippen molar-refractivity contribution in [1.82, 2.24) is 0 Å². The minimum absolute atomic E-state index is 0.0420. The van der Waals surface area contributed by atoms with Gasteiger partial charge in [0.25, 0.3) is 0 Å². The summed E-state index contributed by atoms with van der Waals surface area (Å²) in [7, 11) is 0. The van der Waals surface area contributed by atoms with Crippen LogP contribution in [-0.2, 0) is 16.0 Å².